The number of carbonyl (C=O) groups excluding carboxylic acids is 1. The molecule has 1 aromatic rings. The van der Waals surface area contributed by atoms with Gasteiger partial charge in [0, 0.05) is 12.7 Å². The third kappa shape index (κ3) is 2.34. The molecule has 5 nitrogen and oxygen atoms in total. The second-order valence-electron chi connectivity index (χ2n) is 4.14. The van der Waals surface area contributed by atoms with Crippen LogP contribution in [0.4, 0.5) is 11.4 Å². The monoisotopic (exact) mass is 235 g/mol. The van der Waals surface area contributed by atoms with Gasteiger partial charge in [-0.2, -0.15) is 0 Å². The van der Waals surface area contributed by atoms with E-state index in [4.69, 9.17) is 4.74 Å². The summed E-state index contributed by atoms with van der Waals surface area (Å²) in [7, 11) is 3.87. The van der Waals surface area contributed by atoms with Crippen LogP contribution in [-0.2, 0) is 4.79 Å². The molecule has 92 valence electrons. The van der Waals surface area contributed by atoms with Gasteiger partial charge in [0.25, 0.3) is 5.91 Å². The van der Waals surface area contributed by atoms with Crippen LogP contribution in [0.1, 0.15) is 6.92 Å². The number of fused-ring (bicyclic) bond motifs is 1. The minimum absolute atomic E-state index is 0.106. The van der Waals surface area contributed by atoms with E-state index >= 15 is 0 Å². The van der Waals surface area contributed by atoms with E-state index in [-0.39, 0.29) is 5.91 Å². The van der Waals surface area contributed by atoms with E-state index in [9.17, 15) is 4.79 Å². The summed E-state index contributed by atoms with van der Waals surface area (Å²) in [6.07, 6.45) is -0.427. The number of hydrogen-bond donors (Lipinski definition) is 2. The molecule has 1 heterocycles. The zero-order valence-corrected chi connectivity index (χ0v) is 10.3. The van der Waals surface area contributed by atoms with Crippen molar-refractivity contribution in [2.75, 3.05) is 31.0 Å². The molecule has 0 fully saturated rings. The number of rotatable bonds is 3. The predicted molar refractivity (Wildman–Crippen MR) is 67.5 cm³/mol. The first-order chi connectivity index (χ1) is 8.11. The molecule has 5 heteroatoms. The summed E-state index contributed by atoms with van der Waals surface area (Å²) in [5, 5.41) is 5.91. The number of amides is 1. The minimum atomic E-state index is -0.427. The number of ether oxygens (including phenoxy) is 1. The van der Waals surface area contributed by atoms with Crippen molar-refractivity contribution >= 4 is 17.3 Å². The summed E-state index contributed by atoms with van der Waals surface area (Å²) in [5.74, 6) is 0.615. The highest BCUT2D eigenvalue weighted by molar-refractivity contribution is 5.98. The molecule has 0 bridgehead atoms. The number of nitrogens with one attached hydrogen (secondary N) is 2. The molecule has 0 radical (unpaired) electrons. The Balaban J connectivity index is 2.25. The van der Waals surface area contributed by atoms with Crippen LogP contribution in [0.3, 0.4) is 0 Å². The van der Waals surface area contributed by atoms with Gasteiger partial charge in [0.1, 0.15) is 5.75 Å². The van der Waals surface area contributed by atoms with Crippen molar-refractivity contribution in [2.24, 2.45) is 0 Å². The molecule has 0 aromatic heterocycles. The third-order valence-electron chi connectivity index (χ3n) is 2.73. The maximum atomic E-state index is 11.5. The van der Waals surface area contributed by atoms with Gasteiger partial charge >= 0.3 is 0 Å². The number of anilines is 2. The van der Waals surface area contributed by atoms with Crippen molar-refractivity contribution in [2.45, 2.75) is 13.0 Å². The van der Waals surface area contributed by atoms with E-state index in [0.717, 1.165) is 23.8 Å². The number of carbonyl (C=O) groups is 1. The van der Waals surface area contributed by atoms with Crippen LogP contribution in [-0.4, -0.2) is 32.8 Å². The molecule has 0 aliphatic carbocycles. The topological polar surface area (TPSA) is 53.6 Å². The number of benzene rings is 1. The van der Waals surface area contributed by atoms with Crippen LogP contribution in [0.15, 0.2) is 18.2 Å². The van der Waals surface area contributed by atoms with Gasteiger partial charge in [-0.1, -0.05) is 0 Å². The van der Waals surface area contributed by atoms with E-state index in [1.807, 2.05) is 37.2 Å². The standard InChI is InChI=1S/C12H17N3O2/c1-8-12(16)14-10-6-9(15(3)7-13-2)4-5-11(10)17-8/h4-6,8,13H,7H2,1-3H3,(H,14,16). The normalized spacial score (nSPS) is 18.1. The first-order valence-electron chi connectivity index (χ1n) is 5.59. The molecule has 0 spiro atoms. The molecule has 1 unspecified atom stereocenters. The van der Waals surface area contributed by atoms with Crippen LogP contribution in [0.2, 0.25) is 0 Å². The lowest BCUT2D eigenvalue weighted by Gasteiger charge is -2.26. The summed E-state index contributed by atoms with van der Waals surface area (Å²) in [5.41, 5.74) is 1.75. The van der Waals surface area contributed by atoms with Crippen LogP contribution < -0.4 is 20.3 Å². The van der Waals surface area contributed by atoms with Crippen molar-refractivity contribution < 1.29 is 9.53 Å². The minimum Gasteiger partial charge on any atom is -0.479 e. The highest BCUT2D eigenvalue weighted by Crippen LogP contribution is 2.32. The summed E-state index contributed by atoms with van der Waals surface area (Å²) >= 11 is 0. The Bertz CT molecular complexity index is 434. The first kappa shape index (κ1) is 11.7. The van der Waals surface area contributed by atoms with E-state index < -0.39 is 6.10 Å². The average Bonchev–Trinajstić information content (AvgIpc) is 2.30. The Kier molecular flexibility index (Phi) is 3.19. The molecule has 2 rings (SSSR count). The van der Waals surface area contributed by atoms with Crippen LogP contribution in [0.25, 0.3) is 0 Å². The van der Waals surface area contributed by atoms with Gasteiger partial charge in [-0.05, 0) is 32.2 Å². The van der Waals surface area contributed by atoms with Gasteiger partial charge in [0.05, 0.1) is 12.4 Å². The summed E-state index contributed by atoms with van der Waals surface area (Å²) in [6.45, 7) is 2.48. The van der Waals surface area contributed by atoms with Crippen LogP contribution in [0.5, 0.6) is 5.75 Å². The van der Waals surface area contributed by atoms with E-state index in [1.54, 1.807) is 6.92 Å². The van der Waals surface area contributed by atoms with E-state index in [0.29, 0.717) is 0 Å². The highest BCUT2D eigenvalue weighted by atomic mass is 16.5. The quantitative estimate of drug-likeness (QED) is 0.768. The Morgan fingerprint density at radius 2 is 2.29 bits per heavy atom. The fourth-order valence-corrected chi connectivity index (χ4v) is 1.76. The predicted octanol–water partition coefficient (Wildman–Crippen LogP) is 1.02. The van der Waals surface area contributed by atoms with Gasteiger partial charge in [0.2, 0.25) is 0 Å². The molecule has 17 heavy (non-hydrogen) atoms. The van der Waals surface area contributed by atoms with Crippen LogP contribution >= 0.6 is 0 Å². The van der Waals surface area contributed by atoms with Crippen molar-refractivity contribution in [3.8, 4) is 5.75 Å². The van der Waals surface area contributed by atoms with Crippen molar-refractivity contribution in [1.82, 2.24) is 5.32 Å². The maximum Gasteiger partial charge on any atom is 0.265 e. The molecule has 2 N–H and O–H groups in total. The lowest BCUT2D eigenvalue weighted by Crippen LogP contribution is -2.34. The Morgan fingerprint density at radius 3 is 3.00 bits per heavy atom. The summed E-state index contributed by atoms with van der Waals surface area (Å²) in [6, 6.07) is 5.77. The molecule has 1 aliphatic heterocycles. The largest absolute Gasteiger partial charge is 0.479 e. The van der Waals surface area contributed by atoms with Gasteiger partial charge in [-0.15, -0.1) is 0 Å². The fourth-order valence-electron chi connectivity index (χ4n) is 1.76. The van der Waals surface area contributed by atoms with Gasteiger partial charge in [-0.25, -0.2) is 0 Å². The average molecular weight is 235 g/mol. The number of hydrogen-bond acceptors (Lipinski definition) is 4. The molecular weight excluding hydrogens is 218 g/mol. The molecule has 0 saturated heterocycles. The van der Waals surface area contributed by atoms with Crippen molar-refractivity contribution in [3.63, 3.8) is 0 Å². The molecule has 1 amide bonds. The van der Waals surface area contributed by atoms with Crippen molar-refractivity contribution in [1.29, 1.82) is 0 Å². The van der Waals surface area contributed by atoms with Gasteiger partial charge in [-0.3, -0.25) is 4.79 Å². The first-order valence-corrected chi connectivity index (χ1v) is 5.59. The number of nitrogens with zero attached hydrogens (tertiary/aromatic N) is 1. The molecule has 1 aromatic carbocycles. The Labute approximate surface area is 101 Å². The molecule has 1 atom stereocenters. The third-order valence-corrected chi connectivity index (χ3v) is 2.73. The van der Waals surface area contributed by atoms with E-state index in [1.165, 1.54) is 0 Å². The lowest BCUT2D eigenvalue weighted by atomic mass is 10.2. The fraction of sp³-hybridized carbons (Fsp3) is 0.417. The van der Waals surface area contributed by atoms with Crippen LogP contribution in [0, 0.1) is 0 Å². The SMILES string of the molecule is CNCN(C)c1ccc2c(c1)NC(=O)C(C)O2. The molecule has 0 saturated carbocycles. The Morgan fingerprint density at radius 1 is 1.53 bits per heavy atom. The van der Waals surface area contributed by atoms with Crippen molar-refractivity contribution in [3.05, 3.63) is 18.2 Å². The highest BCUT2D eigenvalue weighted by Gasteiger charge is 2.23. The maximum absolute atomic E-state index is 11.5. The molecule has 1 aliphatic rings. The summed E-state index contributed by atoms with van der Waals surface area (Å²) in [4.78, 5) is 13.5. The Hall–Kier alpha value is -1.75. The lowest BCUT2D eigenvalue weighted by molar-refractivity contribution is -0.122. The second-order valence-corrected chi connectivity index (χ2v) is 4.14. The zero-order chi connectivity index (χ0) is 12.4. The second kappa shape index (κ2) is 4.63. The summed E-state index contributed by atoms with van der Waals surface area (Å²) < 4.78 is 5.49. The van der Waals surface area contributed by atoms with E-state index in [2.05, 4.69) is 10.6 Å². The van der Waals surface area contributed by atoms with Gasteiger partial charge < -0.3 is 20.3 Å². The molecular formula is C12H17N3O2. The van der Waals surface area contributed by atoms with Gasteiger partial charge in [0.15, 0.2) is 6.10 Å². The zero-order valence-electron chi connectivity index (χ0n) is 10.3. The smallest absolute Gasteiger partial charge is 0.265 e.